The van der Waals surface area contributed by atoms with E-state index in [9.17, 15) is 4.79 Å². The first-order valence-electron chi connectivity index (χ1n) is 12.0. The molecule has 1 fully saturated rings. The molecule has 0 spiro atoms. The molecule has 3 rings (SSSR count). The van der Waals surface area contributed by atoms with Gasteiger partial charge >= 0.3 is 0 Å². The van der Waals surface area contributed by atoms with E-state index in [1.54, 1.807) is 31.4 Å². The molecule has 6 heteroatoms. The molecule has 35 heavy (non-hydrogen) atoms. The van der Waals surface area contributed by atoms with Crippen LogP contribution in [0.2, 0.25) is 0 Å². The van der Waals surface area contributed by atoms with Crippen molar-refractivity contribution in [1.82, 2.24) is 5.32 Å². The summed E-state index contributed by atoms with van der Waals surface area (Å²) >= 11 is 0. The molecular weight excluding hydrogens is 456 g/mol. The van der Waals surface area contributed by atoms with E-state index >= 15 is 0 Å². The van der Waals surface area contributed by atoms with Gasteiger partial charge in [0.2, 0.25) is 0 Å². The molecule has 1 saturated heterocycles. The van der Waals surface area contributed by atoms with Crippen molar-refractivity contribution in [3.63, 3.8) is 0 Å². The Labute approximate surface area is 211 Å². The summed E-state index contributed by atoms with van der Waals surface area (Å²) in [6.07, 6.45) is 3.49. The lowest BCUT2D eigenvalue weighted by atomic mass is 9.86. The monoisotopic (exact) mass is 496 g/mol. The fraction of sp³-hybridized carbons (Fsp3) is 0.414. The van der Waals surface area contributed by atoms with Gasteiger partial charge in [0, 0.05) is 31.0 Å². The summed E-state index contributed by atoms with van der Waals surface area (Å²) in [6, 6.07) is 15.8. The summed E-state index contributed by atoms with van der Waals surface area (Å²) in [6.45, 7) is 10.4. The molecule has 3 N–H and O–H groups in total. The summed E-state index contributed by atoms with van der Waals surface area (Å²) in [5.74, 6) is 9.82. The predicted molar refractivity (Wildman–Crippen MR) is 150 cm³/mol. The molecule has 2 aromatic rings. The lowest BCUT2D eigenvalue weighted by Crippen LogP contribution is -2.40. The van der Waals surface area contributed by atoms with E-state index < -0.39 is 9.21 Å². The number of aryl methyl sites for hydroxylation is 1. The van der Waals surface area contributed by atoms with E-state index in [2.05, 4.69) is 61.7 Å². The molecule has 190 valence electrons. The summed E-state index contributed by atoms with van der Waals surface area (Å²) in [5.41, 5.74) is 8.82. The second kappa shape index (κ2) is 10.9. The van der Waals surface area contributed by atoms with Crippen LogP contribution in [-0.4, -0.2) is 49.3 Å². The summed E-state index contributed by atoms with van der Waals surface area (Å²) in [7, 11) is -0.0800. The lowest BCUT2D eigenvalue weighted by molar-refractivity contribution is 0.0845. The van der Waals surface area contributed by atoms with Gasteiger partial charge in [-0.3, -0.25) is 4.79 Å². The van der Waals surface area contributed by atoms with Crippen molar-refractivity contribution >= 4 is 26.9 Å². The molecule has 5 nitrogen and oxygen atoms in total. The highest BCUT2D eigenvalue weighted by Gasteiger charge is 2.39. The minimum absolute atomic E-state index is 0.0438. The number of nitrogens with one attached hydrogen (secondary N) is 1. The van der Waals surface area contributed by atoms with Gasteiger partial charge in [0.15, 0.2) is 0 Å². The van der Waals surface area contributed by atoms with Crippen LogP contribution in [0.4, 0.5) is 0 Å². The van der Waals surface area contributed by atoms with Gasteiger partial charge in [-0.05, 0) is 78.0 Å². The number of nitrogens with two attached hydrogens (primary N) is 1. The lowest BCUT2D eigenvalue weighted by Gasteiger charge is -2.44. The Morgan fingerprint density at radius 3 is 2.26 bits per heavy atom. The Morgan fingerprint density at radius 2 is 1.71 bits per heavy atom. The third-order valence-electron chi connectivity index (χ3n) is 7.18. The fourth-order valence-electron chi connectivity index (χ4n) is 4.54. The number of ether oxygens (including phenoxy) is 2. The van der Waals surface area contributed by atoms with Gasteiger partial charge in [-0.1, -0.05) is 44.3 Å². The van der Waals surface area contributed by atoms with Crippen LogP contribution in [0, 0.1) is 5.41 Å². The van der Waals surface area contributed by atoms with Crippen LogP contribution in [-0.2, 0) is 11.2 Å². The summed E-state index contributed by atoms with van der Waals surface area (Å²) < 4.78 is 10.5. The van der Waals surface area contributed by atoms with E-state index in [0.717, 1.165) is 36.3 Å². The maximum Gasteiger partial charge on any atom is 0.251 e. The van der Waals surface area contributed by atoms with E-state index in [1.807, 2.05) is 0 Å². The van der Waals surface area contributed by atoms with Gasteiger partial charge in [0.25, 0.3) is 5.91 Å². The van der Waals surface area contributed by atoms with E-state index in [4.69, 9.17) is 15.2 Å². The molecule has 1 heterocycles. The molecule has 0 unspecified atom stereocenters. The number of hydrogen-bond donors (Lipinski definition) is 2. The SMILES string of the molecule is C=C(N)C1(S(=C)(=C)c2ccc(CCC(C)(C)CNC(=O)c3ccc(OC)cc3)cc2)CCOCC1. The molecular formula is C29H40N2O3S. The van der Waals surface area contributed by atoms with Crippen LogP contribution in [0.5, 0.6) is 5.75 Å². The number of benzene rings is 2. The van der Waals surface area contributed by atoms with Gasteiger partial charge in [-0.25, -0.2) is 0 Å². The van der Waals surface area contributed by atoms with Crippen molar-refractivity contribution < 1.29 is 14.3 Å². The highest BCUT2D eigenvalue weighted by molar-refractivity contribution is 8.29. The standard InChI is InChI=1S/C29H40N2O3S/c1-22(30)29(17-19-34-20-18-29)35(5,6)26-13-7-23(8-14-26)15-16-28(2,3)21-31-27(32)24-9-11-25(33-4)12-10-24/h7-14H,1,5-6,15-21,30H2,2-4H3,(H,31,32). The number of hydrogen-bond acceptors (Lipinski definition) is 4. The summed E-state index contributed by atoms with van der Waals surface area (Å²) in [5, 5.41) is 3.07. The third-order valence-corrected chi connectivity index (χ3v) is 10.5. The third kappa shape index (κ3) is 6.11. The molecule has 0 radical (unpaired) electrons. The fourth-order valence-corrected chi connectivity index (χ4v) is 7.10. The van der Waals surface area contributed by atoms with Gasteiger partial charge < -0.3 is 20.5 Å². The Balaban J connectivity index is 1.59. The Bertz CT molecular complexity index is 1130. The highest BCUT2D eigenvalue weighted by atomic mass is 32.2. The minimum Gasteiger partial charge on any atom is -0.497 e. The molecule has 1 aliphatic rings. The Morgan fingerprint density at radius 1 is 1.11 bits per heavy atom. The zero-order valence-corrected chi connectivity index (χ0v) is 22.2. The number of carbonyl (C=O) groups is 1. The number of amides is 1. The predicted octanol–water partition coefficient (Wildman–Crippen LogP) is 5.13. The molecule has 0 saturated carbocycles. The zero-order valence-electron chi connectivity index (χ0n) is 21.4. The zero-order chi connectivity index (χ0) is 25.7. The molecule has 1 aliphatic heterocycles. The van der Waals surface area contributed by atoms with E-state index in [0.29, 0.717) is 31.0 Å². The van der Waals surface area contributed by atoms with Crippen LogP contribution < -0.4 is 15.8 Å². The second-order valence-electron chi connectivity index (χ2n) is 10.2. The topological polar surface area (TPSA) is 73.6 Å². The van der Waals surface area contributed by atoms with Crippen molar-refractivity contribution in [3.05, 3.63) is 71.9 Å². The highest BCUT2D eigenvalue weighted by Crippen LogP contribution is 2.53. The van der Waals surface area contributed by atoms with E-state index in [1.165, 1.54) is 5.56 Å². The molecule has 0 aliphatic carbocycles. The van der Waals surface area contributed by atoms with Crippen LogP contribution in [0.15, 0.2) is 65.7 Å². The van der Waals surface area contributed by atoms with Crippen molar-refractivity contribution in [3.8, 4) is 5.75 Å². The molecule has 0 atom stereocenters. The minimum atomic E-state index is -1.69. The normalized spacial score (nSPS) is 15.9. The van der Waals surface area contributed by atoms with Gasteiger partial charge in [0.05, 0.1) is 11.9 Å². The number of methoxy groups -OCH3 is 1. The average molecular weight is 497 g/mol. The quantitative estimate of drug-likeness (QED) is 0.447. The Kier molecular flexibility index (Phi) is 8.39. The number of rotatable bonds is 10. The maximum absolute atomic E-state index is 12.5. The van der Waals surface area contributed by atoms with Gasteiger partial charge in [-0.15, -0.1) is 0 Å². The molecule has 2 aromatic carbocycles. The second-order valence-corrected chi connectivity index (χ2v) is 13.3. The summed E-state index contributed by atoms with van der Waals surface area (Å²) in [4.78, 5) is 13.7. The van der Waals surface area contributed by atoms with Gasteiger partial charge in [0.1, 0.15) is 5.75 Å². The maximum atomic E-state index is 12.5. The first-order chi connectivity index (χ1) is 16.5. The largest absolute Gasteiger partial charge is 0.497 e. The van der Waals surface area contributed by atoms with Crippen molar-refractivity contribution in [2.75, 3.05) is 26.9 Å². The van der Waals surface area contributed by atoms with Crippen molar-refractivity contribution in [1.29, 1.82) is 0 Å². The van der Waals surface area contributed by atoms with Gasteiger partial charge in [-0.2, -0.15) is 9.21 Å². The molecule has 0 bridgehead atoms. The van der Waals surface area contributed by atoms with Crippen LogP contribution in [0.3, 0.4) is 0 Å². The average Bonchev–Trinajstić information content (AvgIpc) is 2.86. The first kappa shape index (κ1) is 26.9. The smallest absolute Gasteiger partial charge is 0.251 e. The van der Waals surface area contributed by atoms with E-state index in [-0.39, 0.29) is 16.1 Å². The number of carbonyl (C=O) groups excluding carboxylic acids is 1. The van der Waals surface area contributed by atoms with Crippen LogP contribution >= 0.6 is 9.21 Å². The molecule has 0 aromatic heterocycles. The van der Waals surface area contributed by atoms with Crippen LogP contribution in [0.25, 0.3) is 0 Å². The van der Waals surface area contributed by atoms with Crippen LogP contribution in [0.1, 0.15) is 49.0 Å². The Hall–Kier alpha value is -2.70. The van der Waals surface area contributed by atoms with Crippen molar-refractivity contribution in [2.24, 2.45) is 11.1 Å². The molecule has 1 amide bonds. The first-order valence-corrected chi connectivity index (χ1v) is 14.0. The van der Waals surface area contributed by atoms with Crippen molar-refractivity contribution in [2.45, 2.75) is 49.2 Å².